The minimum absolute atomic E-state index is 0.498. The summed E-state index contributed by atoms with van der Waals surface area (Å²) >= 11 is 6.48. The summed E-state index contributed by atoms with van der Waals surface area (Å²) in [7, 11) is 2.21. The van der Waals surface area contributed by atoms with Crippen LogP contribution < -0.4 is 0 Å². The van der Waals surface area contributed by atoms with Gasteiger partial charge < -0.3 is 9.47 Å². The van der Waals surface area contributed by atoms with E-state index >= 15 is 0 Å². The Bertz CT molecular complexity index is 929. The molecule has 0 saturated heterocycles. The molecule has 0 N–H and O–H groups in total. The first-order valence-electron chi connectivity index (χ1n) is 8.61. The molecule has 2 aromatic heterocycles. The zero-order valence-corrected chi connectivity index (χ0v) is 14.6. The zero-order chi connectivity index (χ0) is 16.3. The highest BCUT2D eigenvalue weighted by Crippen LogP contribution is 2.40. The first-order chi connectivity index (χ1) is 11.7. The van der Waals surface area contributed by atoms with Crippen LogP contribution in [-0.4, -0.2) is 28.0 Å². The van der Waals surface area contributed by atoms with Gasteiger partial charge in [0.15, 0.2) is 0 Å². The highest BCUT2D eigenvalue weighted by atomic mass is 35.5. The van der Waals surface area contributed by atoms with E-state index in [2.05, 4.69) is 45.8 Å². The molecule has 0 amide bonds. The molecule has 0 aliphatic carbocycles. The summed E-state index contributed by atoms with van der Waals surface area (Å²) in [6.45, 7) is 3.22. The standard InChI is InChI=1S/C20H20ClN3/c1-23-7-4-19-18(12-23)17-10-16(21)9-14-8-15(11-24(19)20(14)17)13-2-5-22-6-3-13/h2-3,5-6,9-10,15H,4,7-8,11-12H2,1H3. The topological polar surface area (TPSA) is 21.1 Å². The van der Waals surface area contributed by atoms with Gasteiger partial charge in [0.1, 0.15) is 0 Å². The SMILES string of the molecule is CN1CCc2c(c3cc(Cl)cc4c3n2CC(c2ccncc2)C4)C1. The van der Waals surface area contributed by atoms with Crippen LogP contribution in [0.3, 0.4) is 0 Å². The Morgan fingerprint density at radius 3 is 2.88 bits per heavy atom. The Hall–Kier alpha value is -1.84. The van der Waals surface area contributed by atoms with Gasteiger partial charge in [0, 0.05) is 60.5 Å². The van der Waals surface area contributed by atoms with E-state index in [1.54, 1.807) is 0 Å². The average molecular weight is 338 g/mol. The maximum Gasteiger partial charge on any atom is 0.0519 e. The molecule has 122 valence electrons. The zero-order valence-electron chi connectivity index (χ0n) is 13.8. The summed E-state index contributed by atoms with van der Waals surface area (Å²) in [4.78, 5) is 6.58. The van der Waals surface area contributed by atoms with Gasteiger partial charge >= 0.3 is 0 Å². The Morgan fingerprint density at radius 2 is 2.04 bits per heavy atom. The van der Waals surface area contributed by atoms with Gasteiger partial charge in [-0.15, -0.1) is 0 Å². The van der Waals surface area contributed by atoms with Gasteiger partial charge in [-0.05, 0) is 54.4 Å². The van der Waals surface area contributed by atoms with Crippen LogP contribution in [0.25, 0.3) is 10.9 Å². The maximum absolute atomic E-state index is 6.48. The number of benzene rings is 1. The Kier molecular flexibility index (Phi) is 3.22. The maximum atomic E-state index is 6.48. The summed E-state index contributed by atoms with van der Waals surface area (Å²) in [6, 6.07) is 8.65. The molecule has 1 unspecified atom stereocenters. The molecule has 0 fully saturated rings. The lowest BCUT2D eigenvalue weighted by Gasteiger charge is -2.28. The van der Waals surface area contributed by atoms with E-state index in [1.807, 2.05) is 12.4 Å². The first kappa shape index (κ1) is 14.5. The van der Waals surface area contributed by atoms with Gasteiger partial charge in [-0.1, -0.05) is 11.6 Å². The summed E-state index contributed by atoms with van der Waals surface area (Å²) in [6.07, 6.45) is 5.98. The van der Waals surface area contributed by atoms with E-state index in [9.17, 15) is 0 Å². The lowest BCUT2D eigenvalue weighted by Crippen LogP contribution is -2.28. The van der Waals surface area contributed by atoms with Crippen molar-refractivity contribution in [2.45, 2.75) is 31.8 Å². The molecule has 0 radical (unpaired) electrons. The molecule has 3 aromatic rings. The summed E-state index contributed by atoms with van der Waals surface area (Å²) in [5, 5.41) is 2.23. The first-order valence-corrected chi connectivity index (χ1v) is 8.99. The molecule has 24 heavy (non-hydrogen) atoms. The molecular weight excluding hydrogens is 318 g/mol. The second kappa shape index (κ2) is 5.33. The van der Waals surface area contributed by atoms with Crippen LogP contribution >= 0.6 is 11.6 Å². The molecule has 1 aromatic carbocycles. The molecule has 4 heterocycles. The van der Waals surface area contributed by atoms with Gasteiger partial charge in [-0.2, -0.15) is 0 Å². The van der Waals surface area contributed by atoms with Crippen molar-refractivity contribution in [1.82, 2.24) is 14.5 Å². The monoisotopic (exact) mass is 337 g/mol. The molecule has 0 bridgehead atoms. The van der Waals surface area contributed by atoms with E-state index in [1.165, 1.54) is 33.3 Å². The third-order valence-electron chi connectivity index (χ3n) is 5.63. The largest absolute Gasteiger partial charge is 0.343 e. The van der Waals surface area contributed by atoms with Gasteiger partial charge in [-0.3, -0.25) is 4.98 Å². The van der Waals surface area contributed by atoms with Gasteiger partial charge in [-0.25, -0.2) is 0 Å². The number of hydrogen-bond donors (Lipinski definition) is 0. The quantitative estimate of drug-likeness (QED) is 0.668. The average Bonchev–Trinajstić information content (AvgIpc) is 2.90. The van der Waals surface area contributed by atoms with Crippen molar-refractivity contribution in [2.75, 3.05) is 13.6 Å². The van der Waals surface area contributed by atoms with Crippen LogP contribution in [0.1, 0.15) is 28.3 Å². The number of hydrogen-bond acceptors (Lipinski definition) is 2. The van der Waals surface area contributed by atoms with Crippen LogP contribution in [0.4, 0.5) is 0 Å². The second-order valence-corrected chi connectivity index (χ2v) is 7.60. The lowest BCUT2D eigenvalue weighted by molar-refractivity contribution is 0.308. The minimum Gasteiger partial charge on any atom is -0.343 e. The molecule has 3 nitrogen and oxygen atoms in total. The second-order valence-electron chi connectivity index (χ2n) is 7.17. The van der Waals surface area contributed by atoms with Crippen molar-refractivity contribution < 1.29 is 0 Å². The fraction of sp³-hybridized carbons (Fsp3) is 0.350. The number of aromatic nitrogens is 2. The third kappa shape index (κ3) is 2.11. The molecule has 4 heteroatoms. The van der Waals surface area contributed by atoms with E-state index < -0.39 is 0 Å². The fourth-order valence-corrected chi connectivity index (χ4v) is 4.77. The van der Waals surface area contributed by atoms with E-state index in [0.29, 0.717) is 5.92 Å². The number of fused-ring (bicyclic) bond motifs is 3. The van der Waals surface area contributed by atoms with Crippen molar-refractivity contribution >= 4 is 22.5 Å². The number of nitrogens with zero attached hydrogens (tertiary/aromatic N) is 3. The van der Waals surface area contributed by atoms with Crippen molar-refractivity contribution in [1.29, 1.82) is 0 Å². The van der Waals surface area contributed by atoms with Crippen molar-refractivity contribution in [3.8, 4) is 0 Å². The lowest BCUT2D eigenvalue weighted by atomic mass is 9.89. The Labute approximate surface area is 146 Å². The summed E-state index contributed by atoms with van der Waals surface area (Å²) in [5.41, 5.74) is 7.19. The Morgan fingerprint density at radius 1 is 1.21 bits per heavy atom. The highest BCUT2D eigenvalue weighted by molar-refractivity contribution is 6.31. The predicted molar refractivity (Wildman–Crippen MR) is 97.7 cm³/mol. The minimum atomic E-state index is 0.498. The molecule has 1 atom stereocenters. The number of pyridine rings is 1. The third-order valence-corrected chi connectivity index (χ3v) is 5.85. The molecule has 5 rings (SSSR count). The van der Waals surface area contributed by atoms with Crippen LogP contribution in [0.15, 0.2) is 36.7 Å². The van der Waals surface area contributed by atoms with Crippen LogP contribution in [0.5, 0.6) is 0 Å². The molecule has 0 spiro atoms. The van der Waals surface area contributed by atoms with E-state index in [-0.39, 0.29) is 0 Å². The molecular formula is C20H20ClN3. The number of halogens is 1. The van der Waals surface area contributed by atoms with E-state index in [0.717, 1.165) is 37.5 Å². The fourth-order valence-electron chi connectivity index (χ4n) is 4.53. The molecule has 2 aliphatic rings. The molecule has 2 aliphatic heterocycles. The van der Waals surface area contributed by atoms with Crippen molar-refractivity contribution in [3.63, 3.8) is 0 Å². The predicted octanol–water partition coefficient (Wildman–Crippen LogP) is 4.02. The van der Waals surface area contributed by atoms with Crippen LogP contribution in [0.2, 0.25) is 5.02 Å². The van der Waals surface area contributed by atoms with E-state index in [4.69, 9.17) is 11.6 Å². The smallest absolute Gasteiger partial charge is 0.0519 e. The highest BCUT2D eigenvalue weighted by Gasteiger charge is 2.29. The van der Waals surface area contributed by atoms with Crippen molar-refractivity contribution in [3.05, 3.63) is 64.1 Å². The Balaban J connectivity index is 1.72. The number of rotatable bonds is 1. The van der Waals surface area contributed by atoms with Gasteiger partial charge in [0.05, 0.1) is 5.52 Å². The molecule has 0 saturated carbocycles. The van der Waals surface area contributed by atoms with Crippen LogP contribution in [0, 0.1) is 0 Å². The normalized spacial score (nSPS) is 20.3. The summed E-state index contributed by atoms with van der Waals surface area (Å²) in [5.74, 6) is 0.498. The van der Waals surface area contributed by atoms with Crippen molar-refractivity contribution in [2.24, 2.45) is 0 Å². The number of likely N-dealkylation sites (N-methyl/N-ethyl adjacent to an activating group) is 1. The van der Waals surface area contributed by atoms with Gasteiger partial charge in [0.2, 0.25) is 0 Å². The summed E-state index contributed by atoms with van der Waals surface area (Å²) < 4.78 is 2.58. The van der Waals surface area contributed by atoms with Gasteiger partial charge in [0.25, 0.3) is 0 Å². The van der Waals surface area contributed by atoms with Crippen LogP contribution in [-0.2, 0) is 25.9 Å².